The van der Waals surface area contributed by atoms with E-state index in [1.165, 1.54) is 19.3 Å². The lowest BCUT2D eigenvalue weighted by Gasteiger charge is -2.15. The van der Waals surface area contributed by atoms with Crippen molar-refractivity contribution in [1.82, 2.24) is 10.6 Å². The van der Waals surface area contributed by atoms with Gasteiger partial charge in [-0.15, -0.1) is 0 Å². The SMILES string of the molecule is CCCCCCCNC(=O)CNc1cccc(C(=O)NC(C)c2ccccc2)c1. The highest BCUT2D eigenvalue weighted by Crippen LogP contribution is 2.14. The van der Waals surface area contributed by atoms with Gasteiger partial charge in [0.05, 0.1) is 12.6 Å². The molecular weight excluding hydrogens is 362 g/mol. The van der Waals surface area contributed by atoms with Crippen LogP contribution in [-0.4, -0.2) is 24.9 Å². The molecule has 0 saturated carbocycles. The summed E-state index contributed by atoms with van der Waals surface area (Å²) in [6.07, 6.45) is 5.87. The van der Waals surface area contributed by atoms with E-state index in [1.807, 2.05) is 49.4 Å². The van der Waals surface area contributed by atoms with Crippen LogP contribution in [0.15, 0.2) is 54.6 Å². The Morgan fingerprint density at radius 3 is 2.45 bits per heavy atom. The topological polar surface area (TPSA) is 70.2 Å². The monoisotopic (exact) mass is 395 g/mol. The fraction of sp³-hybridized carbons (Fsp3) is 0.417. The summed E-state index contributed by atoms with van der Waals surface area (Å²) < 4.78 is 0. The molecule has 0 spiro atoms. The maximum absolute atomic E-state index is 12.5. The van der Waals surface area contributed by atoms with Gasteiger partial charge in [0.25, 0.3) is 5.91 Å². The fourth-order valence-corrected chi connectivity index (χ4v) is 3.08. The molecule has 2 amide bonds. The van der Waals surface area contributed by atoms with E-state index < -0.39 is 0 Å². The Morgan fingerprint density at radius 1 is 0.931 bits per heavy atom. The molecule has 0 radical (unpaired) electrons. The van der Waals surface area contributed by atoms with Crippen molar-refractivity contribution in [3.8, 4) is 0 Å². The molecule has 0 aliphatic rings. The molecule has 156 valence electrons. The number of carbonyl (C=O) groups excluding carboxylic acids is 2. The molecule has 0 aliphatic carbocycles. The van der Waals surface area contributed by atoms with Crippen molar-refractivity contribution in [3.05, 3.63) is 65.7 Å². The summed E-state index contributed by atoms with van der Waals surface area (Å²) in [5, 5.41) is 9.03. The fourth-order valence-electron chi connectivity index (χ4n) is 3.08. The second kappa shape index (κ2) is 12.6. The standard InChI is InChI=1S/C24H33N3O2/c1-3-4-5-6-10-16-25-23(28)18-26-22-15-11-14-21(17-22)24(29)27-19(2)20-12-8-7-9-13-20/h7-9,11-15,17,19,26H,3-6,10,16,18H2,1-2H3,(H,25,28)(H,27,29). The van der Waals surface area contributed by atoms with Crippen molar-refractivity contribution in [2.45, 2.75) is 52.0 Å². The van der Waals surface area contributed by atoms with Gasteiger partial charge >= 0.3 is 0 Å². The minimum Gasteiger partial charge on any atom is -0.376 e. The summed E-state index contributed by atoms with van der Waals surface area (Å²) >= 11 is 0. The number of anilines is 1. The Hall–Kier alpha value is -2.82. The lowest BCUT2D eigenvalue weighted by Crippen LogP contribution is -2.30. The Morgan fingerprint density at radius 2 is 1.69 bits per heavy atom. The first-order valence-electron chi connectivity index (χ1n) is 10.6. The smallest absolute Gasteiger partial charge is 0.251 e. The van der Waals surface area contributed by atoms with Crippen LogP contribution in [-0.2, 0) is 4.79 Å². The molecule has 5 nitrogen and oxygen atoms in total. The van der Waals surface area contributed by atoms with Crippen molar-refractivity contribution < 1.29 is 9.59 Å². The molecule has 0 aromatic heterocycles. The second-order valence-electron chi connectivity index (χ2n) is 7.30. The van der Waals surface area contributed by atoms with Crippen LogP contribution in [0.25, 0.3) is 0 Å². The zero-order chi connectivity index (χ0) is 20.9. The normalized spacial score (nSPS) is 11.5. The van der Waals surface area contributed by atoms with Gasteiger partial charge in [0.15, 0.2) is 0 Å². The van der Waals surface area contributed by atoms with Crippen molar-refractivity contribution >= 4 is 17.5 Å². The second-order valence-corrected chi connectivity index (χ2v) is 7.30. The third-order valence-corrected chi connectivity index (χ3v) is 4.83. The number of unbranched alkanes of at least 4 members (excludes halogenated alkanes) is 4. The molecule has 0 saturated heterocycles. The molecule has 3 N–H and O–H groups in total. The van der Waals surface area contributed by atoms with E-state index in [9.17, 15) is 9.59 Å². The van der Waals surface area contributed by atoms with Crippen LogP contribution < -0.4 is 16.0 Å². The summed E-state index contributed by atoms with van der Waals surface area (Å²) in [6.45, 7) is 5.06. The predicted molar refractivity (Wildman–Crippen MR) is 119 cm³/mol. The Bertz CT molecular complexity index is 762. The molecule has 0 fully saturated rings. The molecule has 2 aromatic carbocycles. The first-order valence-corrected chi connectivity index (χ1v) is 10.6. The summed E-state index contributed by atoms with van der Waals surface area (Å²) in [5.74, 6) is -0.172. The average molecular weight is 396 g/mol. The van der Waals surface area contributed by atoms with Gasteiger partial charge in [-0.2, -0.15) is 0 Å². The van der Waals surface area contributed by atoms with Gasteiger partial charge in [-0.1, -0.05) is 69.0 Å². The van der Waals surface area contributed by atoms with Crippen LogP contribution in [0.4, 0.5) is 5.69 Å². The van der Waals surface area contributed by atoms with Crippen molar-refractivity contribution in [2.75, 3.05) is 18.4 Å². The van der Waals surface area contributed by atoms with Crippen molar-refractivity contribution in [2.24, 2.45) is 0 Å². The number of carbonyl (C=O) groups is 2. The third-order valence-electron chi connectivity index (χ3n) is 4.83. The minimum absolute atomic E-state index is 0.0342. The summed E-state index contributed by atoms with van der Waals surface area (Å²) in [6, 6.07) is 17.0. The maximum atomic E-state index is 12.5. The van der Waals surface area contributed by atoms with E-state index in [0.29, 0.717) is 12.1 Å². The summed E-state index contributed by atoms with van der Waals surface area (Å²) in [4.78, 5) is 24.5. The lowest BCUT2D eigenvalue weighted by molar-refractivity contribution is -0.119. The van der Waals surface area contributed by atoms with Crippen LogP contribution in [0.2, 0.25) is 0 Å². The summed E-state index contributed by atoms with van der Waals surface area (Å²) in [5.41, 5.74) is 2.37. The zero-order valence-corrected chi connectivity index (χ0v) is 17.5. The maximum Gasteiger partial charge on any atom is 0.251 e. The highest BCUT2D eigenvalue weighted by Gasteiger charge is 2.11. The number of hydrogen-bond donors (Lipinski definition) is 3. The van der Waals surface area contributed by atoms with Gasteiger partial charge < -0.3 is 16.0 Å². The molecule has 0 heterocycles. The lowest BCUT2D eigenvalue weighted by atomic mass is 10.1. The van der Waals surface area contributed by atoms with E-state index in [0.717, 1.165) is 24.1 Å². The molecule has 29 heavy (non-hydrogen) atoms. The highest BCUT2D eigenvalue weighted by molar-refractivity contribution is 5.95. The van der Waals surface area contributed by atoms with Crippen LogP contribution >= 0.6 is 0 Å². The van der Waals surface area contributed by atoms with E-state index >= 15 is 0 Å². The van der Waals surface area contributed by atoms with E-state index in [2.05, 4.69) is 22.9 Å². The van der Waals surface area contributed by atoms with Crippen LogP contribution in [0.1, 0.15) is 67.9 Å². The first-order chi connectivity index (χ1) is 14.1. The van der Waals surface area contributed by atoms with Crippen molar-refractivity contribution in [3.63, 3.8) is 0 Å². The van der Waals surface area contributed by atoms with E-state index in [-0.39, 0.29) is 24.4 Å². The van der Waals surface area contributed by atoms with Crippen LogP contribution in [0, 0.1) is 0 Å². The summed E-state index contributed by atoms with van der Waals surface area (Å²) in [7, 11) is 0. The molecule has 0 bridgehead atoms. The van der Waals surface area contributed by atoms with Crippen LogP contribution in [0.3, 0.4) is 0 Å². The molecule has 1 unspecified atom stereocenters. The molecule has 0 aliphatic heterocycles. The van der Waals surface area contributed by atoms with Gasteiger partial charge in [-0.3, -0.25) is 9.59 Å². The molecule has 1 atom stereocenters. The molecule has 5 heteroatoms. The third kappa shape index (κ3) is 8.38. The van der Waals surface area contributed by atoms with Gasteiger partial charge in [0.2, 0.25) is 5.91 Å². The molecule has 2 rings (SSSR count). The van der Waals surface area contributed by atoms with Crippen LogP contribution in [0.5, 0.6) is 0 Å². The Kier molecular flexibility index (Phi) is 9.76. The number of rotatable bonds is 12. The van der Waals surface area contributed by atoms with Crippen molar-refractivity contribution in [1.29, 1.82) is 0 Å². The van der Waals surface area contributed by atoms with Gasteiger partial charge in [0, 0.05) is 17.8 Å². The highest BCUT2D eigenvalue weighted by atomic mass is 16.2. The first kappa shape index (κ1) is 22.5. The van der Waals surface area contributed by atoms with Gasteiger partial charge in [-0.25, -0.2) is 0 Å². The number of benzene rings is 2. The van der Waals surface area contributed by atoms with E-state index in [1.54, 1.807) is 12.1 Å². The Labute approximate surface area is 174 Å². The largest absolute Gasteiger partial charge is 0.376 e. The molecule has 2 aromatic rings. The van der Waals surface area contributed by atoms with Gasteiger partial charge in [0.1, 0.15) is 0 Å². The predicted octanol–water partition coefficient (Wildman–Crippen LogP) is 4.68. The average Bonchev–Trinajstić information content (AvgIpc) is 2.75. The number of hydrogen-bond acceptors (Lipinski definition) is 3. The molecular formula is C24H33N3O2. The number of amides is 2. The number of nitrogens with one attached hydrogen (secondary N) is 3. The minimum atomic E-state index is -0.137. The quantitative estimate of drug-likeness (QED) is 0.457. The van der Waals surface area contributed by atoms with Gasteiger partial charge in [-0.05, 0) is 37.1 Å². The van der Waals surface area contributed by atoms with E-state index in [4.69, 9.17) is 0 Å². The zero-order valence-electron chi connectivity index (χ0n) is 17.5. The Balaban J connectivity index is 1.77.